The molecule has 35 heavy (non-hydrogen) atoms. The van der Waals surface area contributed by atoms with Crippen molar-refractivity contribution in [2.45, 2.75) is 39.3 Å². The summed E-state index contributed by atoms with van der Waals surface area (Å²) in [4.78, 5) is 27.8. The Hall–Kier alpha value is -4.00. The van der Waals surface area contributed by atoms with Crippen molar-refractivity contribution in [3.63, 3.8) is 0 Å². The SMILES string of the molecule is CCOc1ccc(/C(O)=C2/C(=O)C(=O)N(Cc3cccc(OC)c3)C2c2ccco2)cc1C(C)C. The maximum absolute atomic E-state index is 13.2. The van der Waals surface area contributed by atoms with Crippen LogP contribution in [0.15, 0.2) is 70.9 Å². The van der Waals surface area contributed by atoms with Gasteiger partial charge in [-0.25, -0.2) is 0 Å². The lowest BCUT2D eigenvalue weighted by Gasteiger charge is -2.23. The van der Waals surface area contributed by atoms with Crippen LogP contribution >= 0.6 is 0 Å². The van der Waals surface area contributed by atoms with Crippen LogP contribution in [-0.2, 0) is 16.1 Å². The number of aliphatic hydroxyl groups is 1. The molecule has 0 saturated carbocycles. The zero-order valence-corrected chi connectivity index (χ0v) is 20.3. The molecule has 2 heterocycles. The van der Waals surface area contributed by atoms with Crippen LogP contribution in [0.4, 0.5) is 0 Å². The molecule has 1 atom stereocenters. The van der Waals surface area contributed by atoms with E-state index in [1.165, 1.54) is 11.2 Å². The van der Waals surface area contributed by atoms with E-state index in [2.05, 4.69) is 0 Å². The molecule has 2 aromatic carbocycles. The van der Waals surface area contributed by atoms with Crippen LogP contribution in [0.2, 0.25) is 0 Å². The Morgan fingerprint density at radius 1 is 1.11 bits per heavy atom. The minimum atomic E-state index is -0.870. The fourth-order valence-electron chi connectivity index (χ4n) is 4.34. The Kier molecular flexibility index (Phi) is 6.96. The van der Waals surface area contributed by atoms with Crippen LogP contribution in [0, 0.1) is 0 Å². The van der Waals surface area contributed by atoms with Gasteiger partial charge in [0, 0.05) is 12.1 Å². The Morgan fingerprint density at radius 2 is 1.91 bits per heavy atom. The fraction of sp³-hybridized carbons (Fsp3) is 0.286. The number of Topliss-reactive ketones (excluding diaryl/α,β-unsaturated/α-hetero) is 1. The van der Waals surface area contributed by atoms with Crippen molar-refractivity contribution in [2.24, 2.45) is 0 Å². The van der Waals surface area contributed by atoms with E-state index in [4.69, 9.17) is 13.9 Å². The molecule has 1 unspecified atom stereocenters. The number of aliphatic hydroxyl groups excluding tert-OH is 1. The van der Waals surface area contributed by atoms with Gasteiger partial charge < -0.3 is 23.9 Å². The van der Waals surface area contributed by atoms with Crippen molar-refractivity contribution in [3.05, 3.63) is 88.9 Å². The maximum Gasteiger partial charge on any atom is 0.296 e. The number of carbonyl (C=O) groups excluding carboxylic acids is 2. The van der Waals surface area contributed by atoms with E-state index in [-0.39, 0.29) is 23.8 Å². The van der Waals surface area contributed by atoms with Gasteiger partial charge in [0.2, 0.25) is 0 Å². The number of carbonyl (C=O) groups is 2. The van der Waals surface area contributed by atoms with E-state index >= 15 is 0 Å². The number of rotatable bonds is 8. The molecule has 1 aliphatic rings. The lowest BCUT2D eigenvalue weighted by molar-refractivity contribution is -0.140. The number of amides is 1. The number of methoxy groups -OCH3 is 1. The molecule has 0 aliphatic carbocycles. The highest BCUT2D eigenvalue weighted by atomic mass is 16.5. The molecule has 1 aromatic heterocycles. The van der Waals surface area contributed by atoms with E-state index in [1.807, 2.05) is 32.9 Å². The van der Waals surface area contributed by atoms with Crippen LogP contribution in [0.3, 0.4) is 0 Å². The molecular weight excluding hydrogens is 446 g/mol. The summed E-state index contributed by atoms with van der Waals surface area (Å²) in [5.74, 6) is 0.175. The van der Waals surface area contributed by atoms with Crippen molar-refractivity contribution in [1.82, 2.24) is 4.90 Å². The van der Waals surface area contributed by atoms with Gasteiger partial charge in [0.05, 0.1) is 25.6 Å². The van der Waals surface area contributed by atoms with Crippen molar-refractivity contribution in [2.75, 3.05) is 13.7 Å². The van der Waals surface area contributed by atoms with Gasteiger partial charge in [-0.3, -0.25) is 9.59 Å². The average Bonchev–Trinajstić information content (AvgIpc) is 3.47. The van der Waals surface area contributed by atoms with E-state index < -0.39 is 17.7 Å². The Bertz CT molecular complexity index is 1260. The summed E-state index contributed by atoms with van der Waals surface area (Å²) in [6.45, 7) is 6.61. The predicted molar refractivity (Wildman–Crippen MR) is 131 cm³/mol. The molecule has 1 aliphatic heterocycles. The monoisotopic (exact) mass is 475 g/mol. The minimum absolute atomic E-state index is 0.00767. The van der Waals surface area contributed by atoms with Gasteiger partial charge in [-0.2, -0.15) is 0 Å². The maximum atomic E-state index is 13.2. The molecule has 7 heteroatoms. The Labute approximate surface area is 204 Å². The number of hydrogen-bond donors (Lipinski definition) is 1. The number of ketones is 1. The first-order valence-corrected chi connectivity index (χ1v) is 11.6. The topological polar surface area (TPSA) is 89.2 Å². The van der Waals surface area contributed by atoms with E-state index in [0.29, 0.717) is 23.7 Å². The van der Waals surface area contributed by atoms with Crippen LogP contribution in [0.5, 0.6) is 11.5 Å². The van der Waals surface area contributed by atoms with Gasteiger partial charge in [0.1, 0.15) is 29.1 Å². The standard InChI is InChI=1S/C28H29NO6/c1-5-34-22-12-11-19(15-21(22)17(2)3)26(30)24-25(23-10-7-13-35-23)29(28(32)27(24)31)16-18-8-6-9-20(14-18)33-4/h6-15,17,25,30H,5,16H2,1-4H3/b26-24-. The van der Waals surface area contributed by atoms with Crippen molar-refractivity contribution < 1.29 is 28.6 Å². The quantitative estimate of drug-likeness (QED) is 0.265. The molecule has 182 valence electrons. The van der Waals surface area contributed by atoms with E-state index in [0.717, 1.165) is 16.9 Å². The highest BCUT2D eigenvalue weighted by molar-refractivity contribution is 6.46. The first-order chi connectivity index (χ1) is 16.8. The van der Waals surface area contributed by atoms with E-state index in [9.17, 15) is 14.7 Å². The highest BCUT2D eigenvalue weighted by Crippen LogP contribution is 2.41. The lowest BCUT2D eigenvalue weighted by Crippen LogP contribution is -2.29. The highest BCUT2D eigenvalue weighted by Gasteiger charge is 2.47. The molecule has 4 rings (SSSR count). The number of benzene rings is 2. The molecule has 1 saturated heterocycles. The largest absolute Gasteiger partial charge is 0.507 e. The van der Waals surface area contributed by atoms with Gasteiger partial charge >= 0.3 is 0 Å². The Balaban J connectivity index is 1.82. The minimum Gasteiger partial charge on any atom is -0.507 e. The fourth-order valence-corrected chi connectivity index (χ4v) is 4.34. The van der Waals surface area contributed by atoms with Crippen LogP contribution in [0.1, 0.15) is 55.2 Å². The van der Waals surface area contributed by atoms with Crippen LogP contribution < -0.4 is 9.47 Å². The summed E-state index contributed by atoms with van der Waals surface area (Å²) in [5, 5.41) is 11.3. The first-order valence-electron chi connectivity index (χ1n) is 11.6. The summed E-state index contributed by atoms with van der Waals surface area (Å²) in [7, 11) is 1.57. The number of hydrogen-bond acceptors (Lipinski definition) is 6. The first kappa shape index (κ1) is 24.1. The number of likely N-dealkylation sites (tertiary alicyclic amines) is 1. The van der Waals surface area contributed by atoms with Crippen molar-refractivity contribution in [3.8, 4) is 11.5 Å². The summed E-state index contributed by atoms with van der Waals surface area (Å²) in [6, 6.07) is 15.1. The molecule has 1 amide bonds. The summed E-state index contributed by atoms with van der Waals surface area (Å²) in [5.41, 5.74) is 2.11. The van der Waals surface area contributed by atoms with Crippen LogP contribution in [-0.4, -0.2) is 35.4 Å². The van der Waals surface area contributed by atoms with Crippen molar-refractivity contribution in [1.29, 1.82) is 0 Å². The molecule has 0 radical (unpaired) electrons. The number of nitrogens with zero attached hydrogens (tertiary/aromatic N) is 1. The molecular formula is C28H29NO6. The third-order valence-electron chi connectivity index (χ3n) is 6.04. The molecule has 0 bridgehead atoms. The second-order valence-electron chi connectivity index (χ2n) is 8.63. The average molecular weight is 476 g/mol. The van der Waals surface area contributed by atoms with Gasteiger partial charge in [-0.1, -0.05) is 26.0 Å². The molecule has 7 nitrogen and oxygen atoms in total. The number of furan rings is 1. The smallest absolute Gasteiger partial charge is 0.296 e. The normalized spacial score (nSPS) is 17.3. The number of ether oxygens (including phenoxy) is 2. The summed E-state index contributed by atoms with van der Waals surface area (Å²) < 4.78 is 16.6. The third kappa shape index (κ3) is 4.67. The predicted octanol–water partition coefficient (Wildman–Crippen LogP) is 5.43. The molecule has 1 N–H and O–H groups in total. The van der Waals surface area contributed by atoms with Crippen molar-refractivity contribution >= 4 is 17.4 Å². The third-order valence-corrected chi connectivity index (χ3v) is 6.04. The van der Waals surface area contributed by atoms with Gasteiger partial charge in [0.25, 0.3) is 11.7 Å². The molecule has 1 fully saturated rings. The van der Waals surface area contributed by atoms with Crippen LogP contribution in [0.25, 0.3) is 5.76 Å². The zero-order valence-electron chi connectivity index (χ0n) is 20.3. The van der Waals surface area contributed by atoms with Gasteiger partial charge in [0.15, 0.2) is 0 Å². The van der Waals surface area contributed by atoms with Gasteiger partial charge in [-0.15, -0.1) is 0 Å². The second kappa shape index (κ2) is 10.1. The summed E-state index contributed by atoms with van der Waals surface area (Å²) in [6.07, 6.45) is 1.48. The van der Waals surface area contributed by atoms with E-state index in [1.54, 1.807) is 49.6 Å². The summed E-state index contributed by atoms with van der Waals surface area (Å²) >= 11 is 0. The zero-order chi connectivity index (χ0) is 25.1. The molecule has 0 spiro atoms. The molecule has 3 aromatic rings. The van der Waals surface area contributed by atoms with Gasteiger partial charge in [-0.05, 0) is 66.4 Å². The Morgan fingerprint density at radius 3 is 2.57 bits per heavy atom. The second-order valence-corrected chi connectivity index (χ2v) is 8.63. The lowest BCUT2D eigenvalue weighted by atomic mass is 9.95.